The van der Waals surface area contributed by atoms with Gasteiger partial charge in [0.1, 0.15) is 6.04 Å². The second-order valence-electron chi connectivity index (χ2n) is 4.39. The maximum atomic E-state index is 11.9. The SMILES string of the molecule is Cc1ccc(C(N)C(=O)N2CC(N)C2)cc1.Cl.Cl. The standard InChI is InChI=1S/C12H17N3O.2ClH/c1-8-2-4-9(5-3-8)11(14)12(16)15-6-10(13)7-15;;/h2-5,10-11H,6-7,13-14H2,1H3;2*1H. The van der Waals surface area contributed by atoms with Crippen molar-refractivity contribution in [3.8, 4) is 0 Å². The van der Waals surface area contributed by atoms with E-state index in [1.807, 2.05) is 31.2 Å². The number of aryl methyl sites for hydroxylation is 1. The monoisotopic (exact) mass is 291 g/mol. The van der Waals surface area contributed by atoms with Crippen molar-refractivity contribution in [2.24, 2.45) is 11.5 Å². The van der Waals surface area contributed by atoms with Crippen LogP contribution in [0.5, 0.6) is 0 Å². The third kappa shape index (κ3) is 3.59. The molecule has 1 heterocycles. The van der Waals surface area contributed by atoms with E-state index in [0.717, 1.165) is 11.1 Å². The second kappa shape index (κ2) is 6.95. The number of carbonyl (C=O) groups is 1. The number of rotatable bonds is 2. The lowest BCUT2D eigenvalue weighted by atomic mass is 10.0. The van der Waals surface area contributed by atoms with Crippen LogP contribution in [-0.2, 0) is 4.79 Å². The van der Waals surface area contributed by atoms with Crippen molar-refractivity contribution >= 4 is 30.7 Å². The van der Waals surface area contributed by atoms with Gasteiger partial charge in [-0.3, -0.25) is 4.79 Å². The van der Waals surface area contributed by atoms with Gasteiger partial charge in [-0.2, -0.15) is 0 Å². The molecule has 0 spiro atoms. The van der Waals surface area contributed by atoms with Crippen LogP contribution in [-0.4, -0.2) is 29.9 Å². The molecule has 1 unspecified atom stereocenters. The Morgan fingerprint density at radius 1 is 1.28 bits per heavy atom. The summed E-state index contributed by atoms with van der Waals surface area (Å²) in [6.45, 7) is 3.25. The predicted octanol–water partition coefficient (Wildman–Crippen LogP) is 1.01. The fraction of sp³-hybridized carbons (Fsp3) is 0.417. The molecule has 18 heavy (non-hydrogen) atoms. The average Bonchev–Trinajstić information content (AvgIpc) is 2.24. The van der Waals surface area contributed by atoms with E-state index in [4.69, 9.17) is 11.5 Å². The average molecular weight is 292 g/mol. The zero-order chi connectivity index (χ0) is 11.7. The number of benzene rings is 1. The van der Waals surface area contributed by atoms with Crippen LogP contribution in [0.2, 0.25) is 0 Å². The fourth-order valence-corrected chi connectivity index (χ4v) is 1.81. The van der Waals surface area contributed by atoms with E-state index in [1.165, 1.54) is 0 Å². The van der Waals surface area contributed by atoms with Crippen molar-refractivity contribution in [2.75, 3.05) is 13.1 Å². The molecule has 1 aromatic rings. The molecule has 0 bridgehead atoms. The largest absolute Gasteiger partial charge is 0.338 e. The summed E-state index contributed by atoms with van der Waals surface area (Å²) in [5.41, 5.74) is 13.6. The van der Waals surface area contributed by atoms with E-state index in [1.54, 1.807) is 4.90 Å². The summed E-state index contributed by atoms with van der Waals surface area (Å²) in [6, 6.07) is 7.28. The molecular formula is C12H19Cl2N3O. The summed E-state index contributed by atoms with van der Waals surface area (Å²) < 4.78 is 0. The van der Waals surface area contributed by atoms with Gasteiger partial charge in [0, 0.05) is 19.1 Å². The number of nitrogens with two attached hydrogens (primary N) is 2. The maximum Gasteiger partial charge on any atom is 0.244 e. The van der Waals surface area contributed by atoms with Gasteiger partial charge in [0.25, 0.3) is 0 Å². The van der Waals surface area contributed by atoms with Crippen LogP contribution in [0.3, 0.4) is 0 Å². The molecule has 1 atom stereocenters. The van der Waals surface area contributed by atoms with E-state index in [2.05, 4.69) is 0 Å². The lowest BCUT2D eigenvalue weighted by molar-refractivity contribution is -0.137. The van der Waals surface area contributed by atoms with Gasteiger partial charge in [-0.15, -0.1) is 24.8 Å². The number of amides is 1. The van der Waals surface area contributed by atoms with Gasteiger partial charge >= 0.3 is 0 Å². The lowest BCUT2D eigenvalue weighted by Crippen LogP contribution is -2.59. The van der Waals surface area contributed by atoms with Crippen LogP contribution in [0.4, 0.5) is 0 Å². The lowest BCUT2D eigenvalue weighted by Gasteiger charge is -2.38. The van der Waals surface area contributed by atoms with Crippen LogP contribution in [0, 0.1) is 6.92 Å². The van der Waals surface area contributed by atoms with Gasteiger partial charge in [-0.1, -0.05) is 29.8 Å². The summed E-state index contributed by atoms with van der Waals surface area (Å²) in [7, 11) is 0. The Labute approximate surface area is 120 Å². The van der Waals surface area contributed by atoms with Gasteiger partial charge in [0.05, 0.1) is 0 Å². The number of hydrogen-bond acceptors (Lipinski definition) is 3. The highest BCUT2D eigenvalue weighted by Crippen LogP contribution is 2.17. The Bertz CT molecular complexity index is 391. The van der Waals surface area contributed by atoms with Gasteiger partial charge in [-0.25, -0.2) is 0 Å². The minimum absolute atomic E-state index is 0. The third-order valence-corrected chi connectivity index (χ3v) is 2.92. The highest BCUT2D eigenvalue weighted by Gasteiger charge is 2.31. The first-order valence-electron chi connectivity index (χ1n) is 5.44. The Morgan fingerprint density at radius 2 is 1.78 bits per heavy atom. The topological polar surface area (TPSA) is 72.4 Å². The van der Waals surface area contributed by atoms with Gasteiger partial charge in [0.2, 0.25) is 5.91 Å². The highest BCUT2D eigenvalue weighted by atomic mass is 35.5. The predicted molar refractivity (Wildman–Crippen MR) is 77.2 cm³/mol. The molecule has 1 aliphatic heterocycles. The van der Waals surface area contributed by atoms with Crippen LogP contribution >= 0.6 is 24.8 Å². The molecule has 4 nitrogen and oxygen atoms in total. The number of carbonyl (C=O) groups excluding carboxylic acids is 1. The molecule has 0 aromatic heterocycles. The van der Waals surface area contributed by atoms with E-state index < -0.39 is 6.04 Å². The van der Waals surface area contributed by atoms with Crippen LogP contribution in [0.15, 0.2) is 24.3 Å². The molecule has 1 aliphatic rings. The Hall–Kier alpha value is -0.810. The molecule has 1 fully saturated rings. The quantitative estimate of drug-likeness (QED) is 0.854. The minimum Gasteiger partial charge on any atom is -0.338 e. The number of nitrogens with zero attached hydrogens (tertiary/aromatic N) is 1. The molecule has 102 valence electrons. The number of halogens is 2. The van der Waals surface area contributed by atoms with Crippen molar-refractivity contribution in [1.82, 2.24) is 4.90 Å². The first kappa shape index (κ1) is 17.2. The first-order valence-corrected chi connectivity index (χ1v) is 5.44. The Morgan fingerprint density at radius 3 is 2.22 bits per heavy atom. The van der Waals surface area contributed by atoms with Crippen molar-refractivity contribution < 1.29 is 4.79 Å². The molecular weight excluding hydrogens is 273 g/mol. The van der Waals surface area contributed by atoms with E-state index in [9.17, 15) is 4.79 Å². The van der Waals surface area contributed by atoms with Crippen LogP contribution < -0.4 is 11.5 Å². The third-order valence-electron chi connectivity index (χ3n) is 2.92. The molecule has 4 N–H and O–H groups in total. The number of likely N-dealkylation sites (tertiary alicyclic amines) is 1. The Balaban J connectivity index is 0.00000144. The van der Waals surface area contributed by atoms with Crippen LogP contribution in [0.1, 0.15) is 17.2 Å². The molecule has 1 amide bonds. The molecule has 0 radical (unpaired) electrons. The summed E-state index contributed by atoms with van der Waals surface area (Å²) >= 11 is 0. The molecule has 1 saturated heterocycles. The maximum absolute atomic E-state index is 11.9. The zero-order valence-electron chi connectivity index (χ0n) is 10.2. The summed E-state index contributed by atoms with van der Waals surface area (Å²) in [6.07, 6.45) is 0. The smallest absolute Gasteiger partial charge is 0.244 e. The first-order chi connectivity index (χ1) is 7.58. The molecule has 1 aromatic carbocycles. The van der Waals surface area contributed by atoms with Crippen LogP contribution in [0.25, 0.3) is 0 Å². The second-order valence-corrected chi connectivity index (χ2v) is 4.39. The molecule has 2 rings (SSSR count). The highest BCUT2D eigenvalue weighted by molar-refractivity contribution is 5.85. The fourth-order valence-electron chi connectivity index (χ4n) is 1.81. The van der Waals surface area contributed by atoms with E-state index in [0.29, 0.717) is 13.1 Å². The summed E-state index contributed by atoms with van der Waals surface area (Å²) in [5, 5.41) is 0. The van der Waals surface area contributed by atoms with E-state index >= 15 is 0 Å². The van der Waals surface area contributed by atoms with E-state index in [-0.39, 0.29) is 36.8 Å². The Kier molecular flexibility index (Phi) is 6.63. The molecule has 6 heteroatoms. The van der Waals surface area contributed by atoms with Gasteiger partial charge in [-0.05, 0) is 12.5 Å². The van der Waals surface area contributed by atoms with Crippen molar-refractivity contribution in [1.29, 1.82) is 0 Å². The van der Waals surface area contributed by atoms with Gasteiger partial charge < -0.3 is 16.4 Å². The minimum atomic E-state index is -0.562. The molecule has 0 aliphatic carbocycles. The molecule has 0 saturated carbocycles. The van der Waals surface area contributed by atoms with Crippen molar-refractivity contribution in [2.45, 2.75) is 19.0 Å². The normalized spacial score (nSPS) is 16.1. The van der Waals surface area contributed by atoms with Crippen molar-refractivity contribution in [3.05, 3.63) is 35.4 Å². The zero-order valence-corrected chi connectivity index (χ0v) is 11.8. The van der Waals surface area contributed by atoms with Gasteiger partial charge in [0.15, 0.2) is 0 Å². The van der Waals surface area contributed by atoms with Crippen molar-refractivity contribution in [3.63, 3.8) is 0 Å². The summed E-state index contributed by atoms with van der Waals surface area (Å²) in [4.78, 5) is 13.6. The summed E-state index contributed by atoms with van der Waals surface area (Å²) in [5.74, 6) is -0.0365. The number of hydrogen-bond donors (Lipinski definition) is 2.